The van der Waals surface area contributed by atoms with Gasteiger partial charge in [-0.1, -0.05) is 0 Å². The maximum atomic E-state index is 12.5. The van der Waals surface area contributed by atoms with Gasteiger partial charge in [-0.15, -0.1) is 0 Å². The van der Waals surface area contributed by atoms with Gasteiger partial charge in [-0.3, -0.25) is 4.79 Å². The Morgan fingerprint density at radius 1 is 1.29 bits per heavy atom. The van der Waals surface area contributed by atoms with Gasteiger partial charge in [-0.2, -0.15) is 5.10 Å². The molecule has 3 aromatic rings. The fourth-order valence-electron chi connectivity index (χ4n) is 3.34. The van der Waals surface area contributed by atoms with Gasteiger partial charge in [-0.05, 0) is 43.9 Å². The molecule has 0 aliphatic heterocycles. The number of aromatic nitrogens is 4. The number of nitrogens with zero attached hydrogens (tertiary/aromatic N) is 4. The lowest BCUT2D eigenvalue weighted by Crippen LogP contribution is -2.38. The summed E-state index contributed by atoms with van der Waals surface area (Å²) in [7, 11) is 0. The summed E-state index contributed by atoms with van der Waals surface area (Å²) >= 11 is 0. The number of rotatable bonds is 3. The lowest BCUT2D eigenvalue weighted by molar-refractivity contribution is 0.0921. The van der Waals surface area contributed by atoms with E-state index in [0.29, 0.717) is 23.1 Å². The van der Waals surface area contributed by atoms with E-state index in [1.165, 1.54) is 0 Å². The second-order valence-corrected chi connectivity index (χ2v) is 6.27. The van der Waals surface area contributed by atoms with Crippen LogP contribution < -0.4 is 5.32 Å². The first-order chi connectivity index (χ1) is 11.7. The summed E-state index contributed by atoms with van der Waals surface area (Å²) in [6.07, 6.45) is 7.20. The highest BCUT2D eigenvalue weighted by molar-refractivity contribution is 5.97. The lowest BCUT2D eigenvalue weighted by atomic mass is 9.91. The summed E-state index contributed by atoms with van der Waals surface area (Å²) < 4.78 is 7.41. The molecule has 4 rings (SSSR count). The zero-order valence-electron chi connectivity index (χ0n) is 13.5. The van der Waals surface area contributed by atoms with Crippen LogP contribution in [-0.2, 0) is 0 Å². The normalized spacial score (nSPS) is 21.0. The number of amides is 1. The average molecular weight is 325 g/mol. The smallest absolute Gasteiger partial charge is 0.251 e. The maximum absolute atomic E-state index is 12.5. The van der Waals surface area contributed by atoms with Crippen LogP contribution in [-0.4, -0.2) is 31.7 Å². The van der Waals surface area contributed by atoms with Crippen LogP contribution in [0.4, 0.5) is 0 Å². The van der Waals surface area contributed by atoms with Crippen molar-refractivity contribution in [3.8, 4) is 0 Å². The second kappa shape index (κ2) is 6.07. The largest absolute Gasteiger partial charge is 0.441 e. The molecule has 1 saturated carbocycles. The Morgan fingerprint density at radius 3 is 2.88 bits per heavy atom. The molecular formula is C17H19N5O2. The van der Waals surface area contributed by atoms with E-state index in [9.17, 15) is 4.79 Å². The zero-order chi connectivity index (χ0) is 16.5. The molecule has 2 heterocycles. The van der Waals surface area contributed by atoms with Crippen molar-refractivity contribution in [2.75, 3.05) is 0 Å². The summed E-state index contributed by atoms with van der Waals surface area (Å²) in [6, 6.07) is 5.95. The highest BCUT2D eigenvalue weighted by Gasteiger charge is 2.24. The lowest BCUT2D eigenvalue weighted by Gasteiger charge is -2.29. The Kier molecular flexibility index (Phi) is 3.76. The zero-order valence-corrected chi connectivity index (χ0v) is 13.5. The Labute approximate surface area is 139 Å². The van der Waals surface area contributed by atoms with Crippen LogP contribution in [0.5, 0.6) is 0 Å². The van der Waals surface area contributed by atoms with Crippen molar-refractivity contribution in [3.05, 3.63) is 42.3 Å². The van der Waals surface area contributed by atoms with Crippen molar-refractivity contribution in [3.63, 3.8) is 0 Å². The topological polar surface area (TPSA) is 85.8 Å². The fourth-order valence-corrected chi connectivity index (χ4v) is 3.34. The summed E-state index contributed by atoms with van der Waals surface area (Å²) in [6.45, 7) is 1.80. The molecule has 7 heteroatoms. The Bertz CT molecular complexity index is 847. The molecule has 1 aliphatic carbocycles. The van der Waals surface area contributed by atoms with E-state index in [2.05, 4.69) is 20.4 Å². The summed E-state index contributed by atoms with van der Waals surface area (Å²) in [5.41, 5.74) is 2.03. The highest BCUT2D eigenvalue weighted by Crippen LogP contribution is 2.27. The van der Waals surface area contributed by atoms with Crippen molar-refractivity contribution in [1.29, 1.82) is 0 Å². The van der Waals surface area contributed by atoms with Gasteiger partial charge in [0.05, 0.1) is 6.04 Å². The number of hydrogen-bond acceptors (Lipinski definition) is 5. The first kappa shape index (κ1) is 14.9. The predicted molar refractivity (Wildman–Crippen MR) is 87.5 cm³/mol. The minimum absolute atomic E-state index is 0.0600. The molecule has 0 saturated heterocycles. The summed E-state index contributed by atoms with van der Waals surface area (Å²) in [4.78, 5) is 20.7. The van der Waals surface area contributed by atoms with Gasteiger partial charge in [0, 0.05) is 18.5 Å². The van der Waals surface area contributed by atoms with Gasteiger partial charge in [-0.25, -0.2) is 14.6 Å². The molecule has 124 valence electrons. The molecule has 1 aliphatic rings. The van der Waals surface area contributed by atoms with Crippen molar-refractivity contribution in [1.82, 2.24) is 25.1 Å². The van der Waals surface area contributed by atoms with Gasteiger partial charge >= 0.3 is 0 Å². The van der Waals surface area contributed by atoms with E-state index in [0.717, 1.165) is 31.2 Å². The van der Waals surface area contributed by atoms with Crippen LogP contribution in [0.15, 0.2) is 35.3 Å². The second-order valence-electron chi connectivity index (χ2n) is 6.27. The van der Waals surface area contributed by atoms with Crippen molar-refractivity contribution >= 4 is 17.0 Å². The third-order valence-corrected chi connectivity index (χ3v) is 4.60. The Hall–Kier alpha value is -2.70. The summed E-state index contributed by atoms with van der Waals surface area (Å²) in [5.74, 6) is 0.546. The predicted octanol–water partition coefficient (Wildman–Crippen LogP) is 2.64. The van der Waals surface area contributed by atoms with E-state index in [-0.39, 0.29) is 11.9 Å². The van der Waals surface area contributed by atoms with Gasteiger partial charge in [0.15, 0.2) is 11.5 Å². The Balaban J connectivity index is 1.39. The van der Waals surface area contributed by atoms with Crippen molar-refractivity contribution < 1.29 is 9.21 Å². The van der Waals surface area contributed by atoms with E-state index in [1.807, 2.05) is 10.7 Å². The Morgan fingerprint density at radius 2 is 2.12 bits per heavy atom. The van der Waals surface area contributed by atoms with E-state index in [4.69, 9.17) is 4.42 Å². The minimum atomic E-state index is -0.0600. The highest BCUT2D eigenvalue weighted by atomic mass is 16.3. The molecule has 1 amide bonds. The van der Waals surface area contributed by atoms with E-state index >= 15 is 0 Å². The number of fused-ring (bicyclic) bond motifs is 1. The van der Waals surface area contributed by atoms with E-state index in [1.54, 1.807) is 31.7 Å². The molecule has 0 spiro atoms. The van der Waals surface area contributed by atoms with Crippen LogP contribution in [0, 0.1) is 6.92 Å². The quantitative estimate of drug-likeness (QED) is 0.800. The van der Waals surface area contributed by atoms with Gasteiger partial charge in [0.1, 0.15) is 18.2 Å². The fraction of sp³-hybridized carbons (Fsp3) is 0.412. The van der Waals surface area contributed by atoms with E-state index < -0.39 is 0 Å². The van der Waals surface area contributed by atoms with Crippen LogP contribution in [0.1, 0.15) is 48.0 Å². The minimum Gasteiger partial charge on any atom is -0.441 e. The standard InChI is InChI=1S/C17H19N5O2/c1-11-20-15-7-2-12(8-16(15)24-11)17(23)21-13-3-5-14(6-4-13)22-10-18-9-19-22/h2,7-10,13-14H,3-6H2,1H3,(H,21,23). The number of carbonyl (C=O) groups is 1. The van der Waals surface area contributed by atoms with Gasteiger partial charge in [0.25, 0.3) is 5.91 Å². The van der Waals surface area contributed by atoms with Crippen molar-refractivity contribution in [2.45, 2.75) is 44.7 Å². The maximum Gasteiger partial charge on any atom is 0.251 e. The molecule has 0 radical (unpaired) electrons. The van der Waals surface area contributed by atoms with Crippen LogP contribution in [0.3, 0.4) is 0 Å². The van der Waals surface area contributed by atoms with Crippen LogP contribution in [0.25, 0.3) is 11.1 Å². The third-order valence-electron chi connectivity index (χ3n) is 4.60. The summed E-state index contributed by atoms with van der Waals surface area (Å²) in [5, 5.41) is 7.33. The number of oxazole rings is 1. The van der Waals surface area contributed by atoms with Gasteiger partial charge < -0.3 is 9.73 Å². The number of aryl methyl sites for hydroxylation is 1. The first-order valence-corrected chi connectivity index (χ1v) is 8.21. The molecule has 0 unspecified atom stereocenters. The average Bonchev–Trinajstić information content (AvgIpc) is 3.23. The third kappa shape index (κ3) is 2.89. The first-order valence-electron chi connectivity index (χ1n) is 8.21. The molecule has 0 bridgehead atoms. The SMILES string of the molecule is Cc1nc2ccc(C(=O)NC3CCC(n4cncn4)CC3)cc2o1. The monoisotopic (exact) mass is 325 g/mol. The molecule has 1 fully saturated rings. The number of hydrogen-bond donors (Lipinski definition) is 1. The molecule has 7 nitrogen and oxygen atoms in total. The molecule has 2 aromatic heterocycles. The molecule has 0 atom stereocenters. The molecular weight excluding hydrogens is 306 g/mol. The van der Waals surface area contributed by atoms with Gasteiger partial charge in [0.2, 0.25) is 0 Å². The molecule has 24 heavy (non-hydrogen) atoms. The molecule has 1 aromatic carbocycles. The van der Waals surface area contributed by atoms with Crippen molar-refractivity contribution in [2.24, 2.45) is 0 Å². The number of carbonyl (C=O) groups excluding carboxylic acids is 1. The molecule has 1 N–H and O–H groups in total. The van der Waals surface area contributed by atoms with Crippen LogP contribution >= 0.6 is 0 Å². The van der Waals surface area contributed by atoms with Crippen LogP contribution in [0.2, 0.25) is 0 Å². The number of nitrogens with one attached hydrogen (secondary N) is 1. The number of benzene rings is 1.